The highest BCUT2D eigenvalue weighted by Gasteiger charge is 2.21. The number of benzene rings is 2. The van der Waals surface area contributed by atoms with E-state index >= 15 is 0 Å². The summed E-state index contributed by atoms with van der Waals surface area (Å²) < 4.78 is 0.422. The topological polar surface area (TPSA) is 76.9 Å². The number of hydrogen-bond acceptors (Lipinski definition) is 4. The van der Waals surface area contributed by atoms with Gasteiger partial charge in [0, 0.05) is 10.6 Å². The number of halogens is 2. The van der Waals surface area contributed by atoms with E-state index in [2.05, 4.69) is 4.98 Å². The first kappa shape index (κ1) is 17.6. The third-order valence-corrected chi connectivity index (χ3v) is 5.82. The van der Waals surface area contributed by atoms with Crippen LogP contribution in [0.2, 0.25) is 9.36 Å². The average molecular weight is 413 g/mol. The van der Waals surface area contributed by atoms with Crippen LogP contribution >= 0.6 is 34.5 Å². The van der Waals surface area contributed by atoms with E-state index in [1.54, 1.807) is 6.07 Å². The Labute approximate surface area is 167 Å². The van der Waals surface area contributed by atoms with Crippen LogP contribution in [0.3, 0.4) is 0 Å². The second-order valence-electron chi connectivity index (χ2n) is 5.83. The molecular formula is C20H10Cl2N2O2S. The minimum Gasteiger partial charge on any atom is -0.506 e. The Morgan fingerprint density at radius 3 is 2.11 bits per heavy atom. The maximum atomic E-state index is 11.9. The molecule has 0 fully saturated rings. The van der Waals surface area contributed by atoms with Crippen molar-refractivity contribution in [1.29, 1.82) is 5.26 Å². The van der Waals surface area contributed by atoms with Crippen LogP contribution in [0.1, 0.15) is 5.56 Å². The summed E-state index contributed by atoms with van der Waals surface area (Å²) >= 11 is 13.5. The van der Waals surface area contributed by atoms with Gasteiger partial charge in [-0.15, -0.1) is 11.3 Å². The Morgan fingerprint density at radius 1 is 0.963 bits per heavy atom. The fourth-order valence-electron chi connectivity index (χ4n) is 2.95. The molecule has 4 aromatic rings. The van der Waals surface area contributed by atoms with Crippen molar-refractivity contribution in [1.82, 2.24) is 4.98 Å². The highest BCUT2D eigenvalue weighted by Crippen LogP contribution is 2.45. The number of thiophene rings is 1. The maximum absolute atomic E-state index is 11.9. The first-order chi connectivity index (χ1) is 13.0. The molecule has 2 aromatic carbocycles. The second kappa shape index (κ2) is 6.75. The van der Waals surface area contributed by atoms with Gasteiger partial charge < -0.3 is 10.1 Å². The Hall–Kier alpha value is -2.78. The lowest BCUT2D eigenvalue weighted by atomic mass is 9.99. The van der Waals surface area contributed by atoms with Crippen LogP contribution in [0.25, 0.3) is 32.5 Å². The SMILES string of the molecule is N#Cc1c(O)c2c(-c3ccc(-c4ccc(Cl)cc4)cc3)c(Cl)sc2[nH]c1=O. The summed E-state index contributed by atoms with van der Waals surface area (Å²) in [4.78, 5) is 14.9. The van der Waals surface area contributed by atoms with E-state index in [0.29, 0.717) is 25.1 Å². The third kappa shape index (κ3) is 2.98. The summed E-state index contributed by atoms with van der Waals surface area (Å²) in [6, 6.07) is 16.9. The highest BCUT2D eigenvalue weighted by molar-refractivity contribution is 7.23. The average Bonchev–Trinajstić information content (AvgIpc) is 2.99. The monoisotopic (exact) mass is 412 g/mol. The first-order valence-electron chi connectivity index (χ1n) is 7.83. The van der Waals surface area contributed by atoms with Crippen LogP contribution in [-0.4, -0.2) is 10.1 Å². The largest absolute Gasteiger partial charge is 0.506 e. The Balaban J connectivity index is 1.88. The number of rotatable bonds is 2. The van der Waals surface area contributed by atoms with Gasteiger partial charge in [0.1, 0.15) is 21.0 Å². The number of aromatic amines is 1. The van der Waals surface area contributed by atoms with Gasteiger partial charge in [-0.05, 0) is 28.8 Å². The number of hydrogen-bond donors (Lipinski definition) is 2. The van der Waals surface area contributed by atoms with Crippen molar-refractivity contribution in [3.05, 3.63) is 73.8 Å². The Morgan fingerprint density at radius 2 is 1.52 bits per heavy atom. The number of nitrogens with one attached hydrogen (secondary N) is 1. The number of H-pyrrole nitrogens is 1. The lowest BCUT2D eigenvalue weighted by Gasteiger charge is -2.06. The predicted molar refractivity (Wildman–Crippen MR) is 110 cm³/mol. The summed E-state index contributed by atoms with van der Waals surface area (Å²) in [5.41, 5.74) is 2.42. The van der Waals surface area contributed by atoms with E-state index in [9.17, 15) is 9.90 Å². The summed E-state index contributed by atoms with van der Waals surface area (Å²) in [6.45, 7) is 0. The van der Waals surface area contributed by atoms with E-state index in [1.807, 2.05) is 48.5 Å². The fourth-order valence-corrected chi connectivity index (χ4v) is 4.46. The molecule has 0 aliphatic heterocycles. The third-order valence-electron chi connectivity index (χ3n) is 4.26. The van der Waals surface area contributed by atoms with Gasteiger partial charge in [0.25, 0.3) is 5.56 Å². The summed E-state index contributed by atoms with van der Waals surface area (Å²) in [6.07, 6.45) is 0. The summed E-state index contributed by atoms with van der Waals surface area (Å²) in [7, 11) is 0. The lowest BCUT2D eigenvalue weighted by Crippen LogP contribution is -2.09. The van der Waals surface area contributed by atoms with Gasteiger partial charge in [-0.25, -0.2) is 0 Å². The van der Waals surface area contributed by atoms with Crippen LogP contribution in [0, 0.1) is 11.3 Å². The predicted octanol–water partition coefficient (Wildman–Crippen LogP) is 5.81. The van der Waals surface area contributed by atoms with Gasteiger partial charge in [-0.1, -0.05) is 59.6 Å². The number of aromatic hydroxyl groups is 1. The van der Waals surface area contributed by atoms with E-state index in [1.165, 1.54) is 0 Å². The van der Waals surface area contributed by atoms with E-state index < -0.39 is 5.56 Å². The fraction of sp³-hybridized carbons (Fsp3) is 0. The lowest BCUT2D eigenvalue weighted by molar-refractivity contribution is 0.479. The molecule has 7 heteroatoms. The van der Waals surface area contributed by atoms with Crippen LogP contribution in [-0.2, 0) is 0 Å². The number of nitrogens with zero attached hydrogens (tertiary/aromatic N) is 1. The van der Waals surface area contributed by atoms with E-state index in [-0.39, 0.29) is 11.3 Å². The summed E-state index contributed by atoms with van der Waals surface area (Å²) in [5.74, 6) is -0.351. The molecule has 0 spiro atoms. The Bertz CT molecular complexity index is 1270. The Kier molecular flexibility index (Phi) is 4.40. The zero-order valence-electron chi connectivity index (χ0n) is 13.6. The molecule has 27 heavy (non-hydrogen) atoms. The zero-order chi connectivity index (χ0) is 19.1. The molecule has 0 saturated carbocycles. The van der Waals surface area contributed by atoms with E-state index in [0.717, 1.165) is 28.0 Å². The molecule has 0 radical (unpaired) electrons. The number of pyridine rings is 1. The van der Waals surface area contributed by atoms with E-state index in [4.69, 9.17) is 28.5 Å². The van der Waals surface area contributed by atoms with Crippen molar-refractivity contribution in [2.45, 2.75) is 0 Å². The number of fused-ring (bicyclic) bond motifs is 1. The molecule has 0 aliphatic carbocycles. The molecule has 0 saturated heterocycles. The van der Waals surface area contributed by atoms with Crippen molar-refractivity contribution in [3.63, 3.8) is 0 Å². The van der Waals surface area contributed by atoms with Crippen molar-refractivity contribution < 1.29 is 5.11 Å². The molecule has 132 valence electrons. The van der Waals surface area contributed by atoms with Crippen LogP contribution in [0.15, 0.2) is 53.3 Å². The molecule has 0 unspecified atom stereocenters. The molecule has 4 nitrogen and oxygen atoms in total. The molecular weight excluding hydrogens is 403 g/mol. The van der Waals surface area contributed by atoms with Crippen molar-refractivity contribution in [3.8, 4) is 34.1 Å². The van der Waals surface area contributed by atoms with Gasteiger partial charge in [0.2, 0.25) is 0 Å². The number of nitriles is 1. The van der Waals surface area contributed by atoms with Crippen LogP contribution in [0.5, 0.6) is 5.75 Å². The highest BCUT2D eigenvalue weighted by atomic mass is 35.5. The minimum absolute atomic E-state index is 0.323. The molecule has 0 bridgehead atoms. The van der Waals surface area contributed by atoms with Gasteiger partial charge in [-0.3, -0.25) is 4.79 Å². The quantitative estimate of drug-likeness (QED) is 0.436. The van der Waals surface area contributed by atoms with Crippen molar-refractivity contribution >= 4 is 44.8 Å². The smallest absolute Gasteiger partial charge is 0.270 e. The molecule has 2 aromatic heterocycles. The number of aromatic nitrogens is 1. The van der Waals surface area contributed by atoms with Gasteiger partial charge in [-0.2, -0.15) is 5.26 Å². The van der Waals surface area contributed by atoms with Crippen molar-refractivity contribution in [2.24, 2.45) is 0 Å². The van der Waals surface area contributed by atoms with Crippen molar-refractivity contribution in [2.75, 3.05) is 0 Å². The zero-order valence-corrected chi connectivity index (χ0v) is 15.9. The van der Waals surface area contributed by atoms with Gasteiger partial charge >= 0.3 is 0 Å². The molecule has 0 atom stereocenters. The van der Waals surface area contributed by atoms with Gasteiger partial charge in [0.05, 0.1) is 5.39 Å². The molecule has 2 heterocycles. The first-order valence-corrected chi connectivity index (χ1v) is 9.40. The minimum atomic E-state index is -0.634. The standard InChI is InChI=1S/C20H10Cl2N2O2S/c21-13-7-5-11(6-8-13)10-1-3-12(4-2-10)15-16-17(25)14(9-23)19(26)24-20(16)27-18(15)22/h1-8H,(H2,24,25,26). The molecule has 0 amide bonds. The van der Waals surface area contributed by atoms with Crippen LogP contribution < -0.4 is 5.56 Å². The van der Waals surface area contributed by atoms with Crippen LogP contribution in [0.4, 0.5) is 0 Å². The summed E-state index contributed by atoms with van der Waals surface area (Å²) in [5, 5.41) is 20.6. The molecule has 4 rings (SSSR count). The second-order valence-corrected chi connectivity index (χ2v) is 7.89. The molecule has 2 N–H and O–H groups in total. The molecule has 0 aliphatic rings. The normalized spacial score (nSPS) is 10.9. The van der Waals surface area contributed by atoms with Gasteiger partial charge in [0.15, 0.2) is 5.56 Å². The maximum Gasteiger partial charge on any atom is 0.270 e.